The van der Waals surface area contributed by atoms with E-state index < -0.39 is 11.7 Å². The van der Waals surface area contributed by atoms with Gasteiger partial charge in [0.15, 0.2) is 0 Å². The second kappa shape index (κ2) is 6.05. The first-order chi connectivity index (χ1) is 8.06. The lowest BCUT2D eigenvalue weighted by atomic mass is 10.1. The van der Waals surface area contributed by atoms with E-state index in [1.54, 1.807) is 7.11 Å². The maximum atomic E-state index is 13.5. The number of nitrogens with two attached hydrogens (primary N) is 2. The van der Waals surface area contributed by atoms with Crippen LogP contribution in [0.1, 0.15) is 16.8 Å². The molecule has 0 aliphatic rings. The topological polar surface area (TPSA) is 90.4 Å². The van der Waals surface area contributed by atoms with Crippen molar-refractivity contribution in [2.75, 3.05) is 31.3 Å². The summed E-state index contributed by atoms with van der Waals surface area (Å²) in [5.41, 5.74) is 11.0. The Balaban J connectivity index is 2.77. The number of carbonyl (C=O) groups is 1. The molecule has 6 heteroatoms. The Kier molecular flexibility index (Phi) is 4.71. The molecule has 1 aromatic carbocycles. The number of methoxy groups -OCH3 is 1. The number of carbonyl (C=O) groups excluding carboxylic acids is 1. The molecule has 0 aliphatic carbocycles. The fourth-order valence-electron chi connectivity index (χ4n) is 1.38. The lowest BCUT2D eigenvalue weighted by Gasteiger charge is -2.10. The molecule has 0 aromatic heterocycles. The normalized spacial score (nSPS) is 10.2. The molecular weight excluding hydrogens is 225 g/mol. The number of ether oxygens (including phenoxy) is 1. The monoisotopic (exact) mass is 241 g/mol. The molecule has 0 fully saturated rings. The summed E-state index contributed by atoms with van der Waals surface area (Å²) in [5, 5.41) is 2.85. The molecule has 17 heavy (non-hydrogen) atoms. The molecule has 94 valence electrons. The Morgan fingerprint density at radius 2 is 2.24 bits per heavy atom. The number of hydrogen-bond acceptors (Lipinski definition) is 4. The number of amides is 1. The van der Waals surface area contributed by atoms with Crippen LogP contribution in [0.15, 0.2) is 12.1 Å². The number of hydrogen-bond donors (Lipinski definition) is 3. The summed E-state index contributed by atoms with van der Waals surface area (Å²) < 4.78 is 18.3. The quantitative estimate of drug-likeness (QED) is 0.511. The molecule has 0 atom stereocenters. The van der Waals surface area contributed by atoms with Crippen LogP contribution in [0.4, 0.5) is 15.8 Å². The summed E-state index contributed by atoms with van der Waals surface area (Å²) in [6.45, 7) is 1.11. The maximum Gasteiger partial charge on any atom is 0.250 e. The second-order valence-corrected chi connectivity index (χ2v) is 3.56. The highest BCUT2D eigenvalue weighted by molar-refractivity contribution is 5.99. The number of nitrogens with one attached hydrogen (secondary N) is 1. The molecule has 0 heterocycles. The number of nitrogen functional groups attached to an aromatic ring is 1. The second-order valence-electron chi connectivity index (χ2n) is 3.56. The van der Waals surface area contributed by atoms with Gasteiger partial charge in [-0.25, -0.2) is 4.39 Å². The number of halogens is 1. The number of benzene rings is 1. The first-order valence-electron chi connectivity index (χ1n) is 5.18. The highest BCUT2D eigenvalue weighted by Crippen LogP contribution is 2.21. The van der Waals surface area contributed by atoms with Crippen molar-refractivity contribution in [2.45, 2.75) is 6.42 Å². The number of rotatable bonds is 6. The van der Waals surface area contributed by atoms with Crippen molar-refractivity contribution >= 4 is 17.3 Å². The minimum Gasteiger partial charge on any atom is -0.398 e. The summed E-state index contributed by atoms with van der Waals surface area (Å²) in [6.07, 6.45) is 0.728. The van der Waals surface area contributed by atoms with Gasteiger partial charge in [0.1, 0.15) is 5.82 Å². The van der Waals surface area contributed by atoms with Gasteiger partial charge in [0.25, 0.3) is 5.91 Å². The van der Waals surface area contributed by atoms with E-state index in [-0.39, 0.29) is 16.9 Å². The Bertz CT molecular complexity index is 410. The van der Waals surface area contributed by atoms with Crippen LogP contribution in [0.25, 0.3) is 0 Å². The largest absolute Gasteiger partial charge is 0.398 e. The SMILES string of the molecule is COCCCNc1cc(C(N)=O)c(N)cc1F. The standard InChI is InChI=1S/C11H16FN3O2/c1-17-4-2-3-15-10-5-7(11(14)16)9(13)6-8(10)12/h5-6,15H,2-4,13H2,1H3,(H2,14,16). The average Bonchev–Trinajstić information content (AvgIpc) is 2.26. The van der Waals surface area contributed by atoms with E-state index in [1.165, 1.54) is 6.07 Å². The smallest absolute Gasteiger partial charge is 0.250 e. The van der Waals surface area contributed by atoms with Crippen LogP contribution in [-0.2, 0) is 4.74 Å². The molecule has 0 saturated heterocycles. The van der Waals surface area contributed by atoms with Crippen molar-refractivity contribution < 1.29 is 13.9 Å². The molecular formula is C11H16FN3O2. The minimum absolute atomic E-state index is 0.0393. The van der Waals surface area contributed by atoms with Crippen LogP contribution in [0.3, 0.4) is 0 Å². The fourth-order valence-corrected chi connectivity index (χ4v) is 1.38. The molecule has 0 bridgehead atoms. The molecule has 0 aliphatic heterocycles. The highest BCUT2D eigenvalue weighted by Gasteiger charge is 2.11. The van der Waals surface area contributed by atoms with Crippen LogP contribution in [0.5, 0.6) is 0 Å². The van der Waals surface area contributed by atoms with Crippen LogP contribution >= 0.6 is 0 Å². The molecule has 1 aromatic rings. The van der Waals surface area contributed by atoms with Gasteiger partial charge < -0.3 is 21.5 Å². The summed E-state index contributed by atoms with van der Waals surface area (Å²) >= 11 is 0. The van der Waals surface area contributed by atoms with E-state index in [1.807, 2.05) is 0 Å². The average molecular weight is 241 g/mol. The lowest BCUT2D eigenvalue weighted by molar-refractivity contribution is 0.100. The van der Waals surface area contributed by atoms with E-state index in [0.717, 1.165) is 12.5 Å². The van der Waals surface area contributed by atoms with Crippen molar-refractivity contribution in [3.8, 4) is 0 Å². The predicted molar refractivity (Wildman–Crippen MR) is 64.3 cm³/mol. The van der Waals surface area contributed by atoms with Gasteiger partial charge in [-0.3, -0.25) is 4.79 Å². The summed E-state index contributed by atoms with van der Waals surface area (Å²) in [7, 11) is 1.59. The first-order valence-corrected chi connectivity index (χ1v) is 5.18. The highest BCUT2D eigenvalue weighted by atomic mass is 19.1. The molecule has 0 spiro atoms. The Morgan fingerprint density at radius 3 is 2.82 bits per heavy atom. The molecule has 5 nitrogen and oxygen atoms in total. The molecule has 1 amide bonds. The van der Waals surface area contributed by atoms with Crippen molar-refractivity contribution in [3.05, 3.63) is 23.5 Å². The molecule has 0 radical (unpaired) electrons. The third kappa shape index (κ3) is 3.60. The van der Waals surface area contributed by atoms with Crippen molar-refractivity contribution in [3.63, 3.8) is 0 Å². The maximum absolute atomic E-state index is 13.5. The number of primary amides is 1. The molecule has 5 N–H and O–H groups in total. The van der Waals surface area contributed by atoms with E-state index >= 15 is 0 Å². The minimum atomic E-state index is -0.678. The fraction of sp³-hybridized carbons (Fsp3) is 0.364. The molecule has 0 saturated carbocycles. The van der Waals surface area contributed by atoms with Gasteiger partial charge in [-0.05, 0) is 18.6 Å². The van der Waals surface area contributed by atoms with E-state index in [2.05, 4.69) is 5.32 Å². The van der Waals surface area contributed by atoms with Gasteiger partial charge >= 0.3 is 0 Å². The van der Waals surface area contributed by atoms with Crippen molar-refractivity contribution in [2.24, 2.45) is 5.73 Å². The van der Waals surface area contributed by atoms with Gasteiger partial charge in [-0.2, -0.15) is 0 Å². The predicted octanol–water partition coefficient (Wildman–Crippen LogP) is 0.955. The Hall–Kier alpha value is -1.82. The van der Waals surface area contributed by atoms with Crippen LogP contribution < -0.4 is 16.8 Å². The zero-order valence-electron chi connectivity index (χ0n) is 9.63. The summed E-state index contributed by atoms with van der Waals surface area (Å²) in [5.74, 6) is -1.19. The van der Waals surface area contributed by atoms with E-state index in [4.69, 9.17) is 16.2 Å². The third-order valence-corrected chi connectivity index (χ3v) is 2.25. The van der Waals surface area contributed by atoms with Gasteiger partial charge in [-0.1, -0.05) is 0 Å². The third-order valence-electron chi connectivity index (χ3n) is 2.25. The number of anilines is 2. The van der Waals surface area contributed by atoms with Crippen LogP contribution in [-0.4, -0.2) is 26.2 Å². The van der Waals surface area contributed by atoms with Crippen molar-refractivity contribution in [1.29, 1.82) is 0 Å². The van der Waals surface area contributed by atoms with Gasteiger partial charge in [0, 0.05) is 25.9 Å². The Morgan fingerprint density at radius 1 is 1.53 bits per heavy atom. The molecule has 0 unspecified atom stereocenters. The van der Waals surface area contributed by atoms with Gasteiger partial charge in [-0.15, -0.1) is 0 Å². The lowest BCUT2D eigenvalue weighted by Crippen LogP contribution is -2.15. The van der Waals surface area contributed by atoms with Gasteiger partial charge in [0.05, 0.1) is 11.3 Å². The summed E-state index contributed by atoms with van der Waals surface area (Å²) in [6, 6.07) is 2.40. The first kappa shape index (κ1) is 13.2. The zero-order valence-corrected chi connectivity index (χ0v) is 9.63. The summed E-state index contributed by atoms with van der Waals surface area (Å²) in [4.78, 5) is 11.0. The Labute approximate surface area is 98.9 Å². The van der Waals surface area contributed by atoms with Crippen LogP contribution in [0, 0.1) is 5.82 Å². The van der Waals surface area contributed by atoms with Crippen molar-refractivity contribution in [1.82, 2.24) is 0 Å². The van der Waals surface area contributed by atoms with E-state index in [9.17, 15) is 9.18 Å². The molecule has 1 rings (SSSR count). The van der Waals surface area contributed by atoms with Gasteiger partial charge in [0.2, 0.25) is 0 Å². The van der Waals surface area contributed by atoms with Crippen LogP contribution in [0.2, 0.25) is 0 Å². The zero-order chi connectivity index (χ0) is 12.8. The van der Waals surface area contributed by atoms with E-state index in [0.29, 0.717) is 13.2 Å².